The van der Waals surface area contributed by atoms with E-state index in [2.05, 4.69) is 0 Å². The van der Waals surface area contributed by atoms with E-state index >= 15 is 0 Å². The maximum Gasteiger partial charge on any atom is 0.338 e. The zero-order chi connectivity index (χ0) is 28.4. The van der Waals surface area contributed by atoms with Crippen LogP contribution >= 0.6 is 0 Å². The van der Waals surface area contributed by atoms with E-state index in [4.69, 9.17) is 47.4 Å². The van der Waals surface area contributed by atoms with Crippen LogP contribution < -0.4 is 18.9 Å². The quantitative estimate of drug-likeness (QED) is 0.498. The van der Waals surface area contributed by atoms with Gasteiger partial charge in [-0.05, 0) is 24.3 Å². The van der Waals surface area contributed by atoms with E-state index in [0.29, 0.717) is 87.0 Å². The fourth-order valence-corrected chi connectivity index (χ4v) is 3.47. The molecule has 12 nitrogen and oxygen atoms in total. The molecule has 2 aromatic carbocycles. The van der Waals surface area contributed by atoms with Crippen molar-refractivity contribution in [1.82, 2.24) is 0 Å². The molecule has 0 spiro atoms. The molecule has 1 aliphatic rings. The third-order valence-electron chi connectivity index (χ3n) is 5.33. The van der Waals surface area contributed by atoms with Crippen LogP contribution in [0.4, 0.5) is 0 Å². The second-order valence-electron chi connectivity index (χ2n) is 8.21. The topological polar surface area (TPSA) is 126 Å². The van der Waals surface area contributed by atoms with E-state index in [1.165, 1.54) is 14.2 Å². The summed E-state index contributed by atoms with van der Waals surface area (Å²) in [7, 11) is 2.62. The third kappa shape index (κ3) is 11.3. The molecular formula is C28H36O12. The molecule has 2 aromatic rings. The van der Waals surface area contributed by atoms with Gasteiger partial charge in [0.2, 0.25) is 0 Å². The number of hydrogen-bond acceptors (Lipinski definition) is 12. The van der Waals surface area contributed by atoms with Crippen molar-refractivity contribution < 1.29 is 57.0 Å². The van der Waals surface area contributed by atoms with Crippen LogP contribution in [-0.2, 0) is 28.4 Å². The van der Waals surface area contributed by atoms with E-state index in [9.17, 15) is 9.59 Å². The highest BCUT2D eigenvalue weighted by Crippen LogP contribution is 2.25. The number of fused-ring (bicyclic) bond motifs is 4. The molecule has 3 rings (SSSR count). The fourth-order valence-electron chi connectivity index (χ4n) is 3.47. The Morgan fingerprint density at radius 3 is 0.950 bits per heavy atom. The maximum absolute atomic E-state index is 12.0. The monoisotopic (exact) mass is 564 g/mol. The second kappa shape index (κ2) is 17.9. The lowest BCUT2D eigenvalue weighted by molar-refractivity contribution is 0.0259. The molecule has 220 valence electrons. The molecule has 0 N–H and O–H groups in total. The Bertz CT molecular complexity index is 914. The third-order valence-corrected chi connectivity index (χ3v) is 5.33. The summed E-state index contributed by atoms with van der Waals surface area (Å²) < 4.78 is 54.8. The normalized spacial score (nSPS) is 16.6. The van der Waals surface area contributed by atoms with Crippen molar-refractivity contribution in [2.45, 2.75) is 0 Å². The molecule has 0 amide bonds. The van der Waals surface area contributed by atoms with Gasteiger partial charge in [0.05, 0.1) is 78.2 Å². The molecule has 12 heteroatoms. The van der Waals surface area contributed by atoms with Crippen LogP contribution in [0.3, 0.4) is 0 Å². The SMILES string of the molecule is COC(=O)c1cc2cc(c1)OCCOCCOCCOc1cc(cc(C(=O)OC)c1)OCCOCCOCCO2. The number of benzene rings is 2. The van der Waals surface area contributed by atoms with Crippen molar-refractivity contribution in [3.05, 3.63) is 47.5 Å². The molecule has 1 aliphatic heterocycles. The number of hydrogen-bond donors (Lipinski definition) is 0. The highest BCUT2D eigenvalue weighted by Gasteiger charge is 2.12. The van der Waals surface area contributed by atoms with Gasteiger partial charge in [0.1, 0.15) is 49.4 Å². The summed E-state index contributed by atoms with van der Waals surface area (Å²) in [5.74, 6) is 0.806. The van der Waals surface area contributed by atoms with Crippen molar-refractivity contribution in [2.75, 3.05) is 93.5 Å². The average Bonchev–Trinajstić information content (AvgIpc) is 2.97. The van der Waals surface area contributed by atoms with E-state index in [1.807, 2.05) is 0 Å². The maximum atomic E-state index is 12.0. The summed E-state index contributed by atoms with van der Waals surface area (Å²) in [6.45, 7) is 3.75. The predicted molar refractivity (Wildman–Crippen MR) is 141 cm³/mol. The Kier molecular flexibility index (Phi) is 13.9. The van der Waals surface area contributed by atoms with Crippen LogP contribution in [0.1, 0.15) is 20.7 Å². The van der Waals surface area contributed by atoms with Crippen molar-refractivity contribution in [2.24, 2.45) is 0 Å². The van der Waals surface area contributed by atoms with Gasteiger partial charge in [-0.25, -0.2) is 9.59 Å². The number of esters is 2. The Morgan fingerprint density at radius 1 is 0.450 bits per heavy atom. The first-order valence-corrected chi connectivity index (χ1v) is 12.9. The first-order chi connectivity index (χ1) is 19.6. The first kappa shape index (κ1) is 31.0. The van der Waals surface area contributed by atoms with Crippen molar-refractivity contribution >= 4 is 11.9 Å². The summed E-state index contributed by atoms with van der Waals surface area (Å²) in [5, 5.41) is 0. The van der Waals surface area contributed by atoms with Crippen molar-refractivity contribution in [3.8, 4) is 23.0 Å². The molecule has 0 aliphatic carbocycles. The van der Waals surface area contributed by atoms with Crippen LogP contribution in [0.15, 0.2) is 36.4 Å². The zero-order valence-electron chi connectivity index (χ0n) is 22.8. The van der Waals surface area contributed by atoms with Gasteiger partial charge in [0.15, 0.2) is 0 Å². The Hall–Kier alpha value is -3.58. The van der Waals surface area contributed by atoms with Crippen molar-refractivity contribution in [3.63, 3.8) is 0 Å². The molecule has 0 atom stereocenters. The van der Waals surface area contributed by atoms with Gasteiger partial charge in [0, 0.05) is 12.1 Å². The fraction of sp³-hybridized carbons (Fsp3) is 0.500. The molecule has 0 saturated heterocycles. The highest BCUT2D eigenvalue weighted by molar-refractivity contribution is 5.90. The van der Waals surface area contributed by atoms with Crippen LogP contribution in [0.2, 0.25) is 0 Å². The summed E-state index contributed by atoms with van der Waals surface area (Å²) >= 11 is 0. The summed E-state index contributed by atoms with van der Waals surface area (Å²) in [6.07, 6.45) is 0. The molecule has 0 fully saturated rings. The van der Waals surface area contributed by atoms with Crippen LogP contribution in [0.25, 0.3) is 0 Å². The number of rotatable bonds is 2. The van der Waals surface area contributed by atoms with Crippen LogP contribution in [0.5, 0.6) is 23.0 Å². The Labute approximate surface area is 233 Å². The standard InChI is InChI=1S/C28H36O12/c1-31-27(29)21-15-23-19-24(16-21)38-12-8-34-4-6-36-10-14-40-26-18-22(28(30)32-2)17-25(20-26)39-13-9-35-5-3-33-7-11-37-23/h15-20H,3-14H2,1-2H3. The van der Waals surface area contributed by atoms with Gasteiger partial charge in [0.25, 0.3) is 0 Å². The van der Waals surface area contributed by atoms with Gasteiger partial charge in [-0.1, -0.05) is 0 Å². The molecule has 0 unspecified atom stereocenters. The van der Waals surface area contributed by atoms with E-state index in [-0.39, 0.29) is 26.4 Å². The summed E-state index contributed by atoms with van der Waals surface area (Å²) in [4.78, 5) is 24.1. The Morgan fingerprint density at radius 2 is 0.700 bits per heavy atom. The van der Waals surface area contributed by atoms with Gasteiger partial charge in [-0.2, -0.15) is 0 Å². The lowest BCUT2D eigenvalue weighted by Crippen LogP contribution is -2.15. The highest BCUT2D eigenvalue weighted by atomic mass is 16.6. The number of ether oxygens (including phenoxy) is 10. The lowest BCUT2D eigenvalue weighted by Gasteiger charge is -2.13. The number of methoxy groups -OCH3 is 2. The van der Waals surface area contributed by atoms with Gasteiger partial charge < -0.3 is 47.4 Å². The second-order valence-corrected chi connectivity index (χ2v) is 8.21. The minimum Gasteiger partial charge on any atom is -0.491 e. The first-order valence-electron chi connectivity index (χ1n) is 12.9. The largest absolute Gasteiger partial charge is 0.491 e. The van der Waals surface area contributed by atoms with Gasteiger partial charge in [-0.15, -0.1) is 0 Å². The summed E-state index contributed by atoms with van der Waals surface area (Å²) in [5.41, 5.74) is 0.618. The molecule has 4 bridgehead atoms. The smallest absolute Gasteiger partial charge is 0.338 e. The molecule has 0 radical (unpaired) electrons. The number of carbonyl (C=O) groups is 2. The Balaban J connectivity index is 1.55. The van der Waals surface area contributed by atoms with E-state index in [1.54, 1.807) is 36.4 Å². The molecule has 1 heterocycles. The zero-order valence-corrected chi connectivity index (χ0v) is 22.8. The minimum atomic E-state index is -0.499. The summed E-state index contributed by atoms with van der Waals surface area (Å²) in [6, 6.07) is 9.70. The average molecular weight is 565 g/mol. The van der Waals surface area contributed by atoms with E-state index < -0.39 is 11.9 Å². The van der Waals surface area contributed by atoms with Gasteiger partial charge in [-0.3, -0.25) is 0 Å². The molecule has 0 saturated carbocycles. The number of carbonyl (C=O) groups excluding carboxylic acids is 2. The lowest BCUT2D eigenvalue weighted by atomic mass is 10.2. The molecule has 40 heavy (non-hydrogen) atoms. The molecule has 0 aromatic heterocycles. The van der Waals surface area contributed by atoms with Crippen LogP contribution in [0, 0.1) is 0 Å². The minimum absolute atomic E-state index is 0.261. The van der Waals surface area contributed by atoms with Crippen LogP contribution in [-0.4, -0.2) is 105 Å². The van der Waals surface area contributed by atoms with E-state index in [0.717, 1.165) is 0 Å². The van der Waals surface area contributed by atoms with Crippen molar-refractivity contribution in [1.29, 1.82) is 0 Å². The predicted octanol–water partition coefficient (Wildman–Crippen LogP) is 2.56. The molecular weight excluding hydrogens is 528 g/mol. The van der Waals surface area contributed by atoms with Gasteiger partial charge >= 0.3 is 11.9 Å².